The van der Waals surface area contributed by atoms with Gasteiger partial charge in [0.25, 0.3) is 0 Å². The van der Waals surface area contributed by atoms with Gasteiger partial charge in [0.1, 0.15) is 29.8 Å². The molecule has 0 heterocycles. The van der Waals surface area contributed by atoms with Crippen LogP contribution in [0, 0.1) is 0 Å². The van der Waals surface area contributed by atoms with Gasteiger partial charge in [-0.05, 0) is 49.2 Å². The minimum Gasteiger partial charge on any atom is -0.508 e. The van der Waals surface area contributed by atoms with Gasteiger partial charge < -0.3 is 25.2 Å². The third kappa shape index (κ3) is 4.45. The van der Waals surface area contributed by atoms with Gasteiger partial charge in [0.15, 0.2) is 0 Å². The van der Waals surface area contributed by atoms with E-state index in [1.54, 1.807) is 43.3 Å². The molecule has 0 saturated heterocycles. The Bertz CT molecular complexity index is 606. The molecule has 0 spiro atoms. The molecule has 4 N–H and O–H groups in total. The minimum atomic E-state index is -0.941. The highest BCUT2D eigenvalue weighted by molar-refractivity contribution is 5.30. The molecule has 0 fully saturated rings. The summed E-state index contributed by atoms with van der Waals surface area (Å²) in [6, 6.07) is 13.0. The molecule has 124 valence electrons. The highest BCUT2D eigenvalue weighted by Crippen LogP contribution is 2.25. The summed E-state index contributed by atoms with van der Waals surface area (Å²) in [7, 11) is 0. The van der Waals surface area contributed by atoms with Crippen molar-refractivity contribution in [1.82, 2.24) is 0 Å². The Kier molecular flexibility index (Phi) is 5.60. The van der Waals surface area contributed by atoms with Gasteiger partial charge in [0.2, 0.25) is 0 Å². The number of phenolic OH excluding ortho intramolecular Hbond substituents is 1. The molecule has 0 bridgehead atoms. The first-order chi connectivity index (χ1) is 10.9. The summed E-state index contributed by atoms with van der Waals surface area (Å²) >= 11 is 0. The summed E-state index contributed by atoms with van der Waals surface area (Å²) in [5.74, 6) is 0.693. The van der Waals surface area contributed by atoms with Gasteiger partial charge in [-0.3, -0.25) is 0 Å². The van der Waals surface area contributed by atoms with Crippen molar-refractivity contribution < 1.29 is 25.2 Å². The van der Waals surface area contributed by atoms with Crippen LogP contribution in [0.15, 0.2) is 48.5 Å². The zero-order valence-corrected chi connectivity index (χ0v) is 13.1. The van der Waals surface area contributed by atoms with Crippen LogP contribution < -0.4 is 4.74 Å². The maximum atomic E-state index is 10.3. The summed E-state index contributed by atoms with van der Waals surface area (Å²) < 4.78 is 5.70. The van der Waals surface area contributed by atoms with E-state index in [2.05, 4.69) is 0 Å². The molecule has 5 heteroatoms. The molecule has 0 saturated carbocycles. The largest absolute Gasteiger partial charge is 0.508 e. The van der Waals surface area contributed by atoms with E-state index in [0.717, 1.165) is 0 Å². The molecule has 2 rings (SSSR count). The summed E-state index contributed by atoms with van der Waals surface area (Å²) in [5.41, 5.74) is 1.25. The lowest BCUT2D eigenvalue weighted by Crippen LogP contribution is -2.21. The third-order valence-electron chi connectivity index (χ3n) is 3.68. The first kappa shape index (κ1) is 17.3. The number of hydrogen-bond acceptors (Lipinski definition) is 5. The molecule has 5 nitrogen and oxygen atoms in total. The molecule has 2 aromatic carbocycles. The van der Waals surface area contributed by atoms with E-state index < -0.39 is 24.4 Å². The monoisotopic (exact) mass is 318 g/mol. The summed E-state index contributed by atoms with van der Waals surface area (Å²) in [4.78, 5) is 0. The van der Waals surface area contributed by atoms with Gasteiger partial charge in [-0.25, -0.2) is 0 Å². The Morgan fingerprint density at radius 3 is 1.74 bits per heavy atom. The molecule has 4 atom stereocenters. The molecular formula is C18H22O5. The number of hydrogen-bond donors (Lipinski definition) is 4. The van der Waals surface area contributed by atoms with Gasteiger partial charge in [0, 0.05) is 0 Å². The smallest absolute Gasteiger partial charge is 0.126 e. The number of rotatable bonds is 6. The van der Waals surface area contributed by atoms with Gasteiger partial charge in [-0.2, -0.15) is 0 Å². The Labute approximate surface area is 135 Å². The lowest BCUT2D eigenvalue weighted by atomic mass is 10.0. The van der Waals surface area contributed by atoms with Crippen molar-refractivity contribution >= 4 is 0 Å². The molecule has 0 aliphatic rings. The molecule has 23 heavy (non-hydrogen) atoms. The zero-order valence-electron chi connectivity index (χ0n) is 13.1. The first-order valence-corrected chi connectivity index (χ1v) is 7.48. The fraction of sp³-hybridized carbons (Fsp3) is 0.333. The second-order valence-electron chi connectivity index (χ2n) is 5.61. The Balaban J connectivity index is 2.02. The Morgan fingerprint density at radius 2 is 1.22 bits per heavy atom. The van der Waals surface area contributed by atoms with Crippen LogP contribution in [0.3, 0.4) is 0 Å². The van der Waals surface area contributed by atoms with Crippen LogP contribution in [0.1, 0.15) is 37.2 Å². The van der Waals surface area contributed by atoms with Crippen molar-refractivity contribution in [2.24, 2.45) is 0 Å². The number of aliphatic hydroxyl groups excluding tert-OH is 3. The first-order valence-electron chi connectivity index (χ1n) is 7.48. The van der Waals surface area contributed by atoms with E-state index >= 15 is 0 Å². The van der Waals surface area contributed by atoms with E-state index in [9.17, 15) is 20.4 Å². The lowest BCUT2D eigenvalue weighted by Gasteiger charge is -2.21. The fourth-order valence-corrected chi connectivity index (χ4v) is 2.24. The topological polar surface area (TPSA) is 90.2 Å². The summed E-state index contributed by atoms with van der Waals surface area (Å²) in [5, 5.41) is 38.7. The molecule has 0 radical (unpaired) electrons. The van der Waals surface area contributed by atoms with E-state index in [0.29, 0.717) is 16.9 Å². The van der Waals surface area contributed by atoms with Gasteiger partial charge >= 0.3 is 0 Å². The summed E-state index contributed by atoms with van der Waals surface area (Å²) in [6.45, 7) is 3.27. The van der Waals surface area contributed by atoms with Crippen LogP contribution >= 0.6 is 0 Å². The van der Waals surface area contributed by atoms with Gasteiger partial charge in [0.05, 0.1) is 6.10 Å². The molecule has 0 aromatic heterocycles. The van der Waals surface area contributed by atoms with Gasteiger partial charge in [-0.15, -0.1) is 0 Å². The SMILES string of the molecule is C[C@H](O)[C@H](O)c1ccc(O[C@@H](C)[C@H](O)c2ccc(O)cc2)cc1. The van der Waals surface area contributed by atoms with Crippen molar-refractivity contribution in [3.63, 3.8) is 0 Å². The highest BCUT2D eigenvalue weighted by Gasteiger charge is 2.19. The average molecular weight is 318 g/mol. The Hall–Kier alpha value is -2.08. The van der Waals surface area contributed by atoms with Crippen LogP contribution in [-0.4, -0.2) is 32.6 Å². The van der Waals surface area contributed by atoms with Crippen LogP contribution in [0.5, 0.6) is 11.5 Å². The minimum absolute atomic E-state index is 0.141. The molecule has 0 aliphatic carbocycles. The van der Waals surface area contributed by atoms with Crippen LogP contribution in [0.25, 0.3) is 0 Å². The predicted molar refractivity (Wildman–Crippen MR) is 86.2 cm³/mol. The van der Waals surface area contributed by atoms with Crippen molar-refractivity contribution in [2.45, 2.75) is 38.3 Å². The normalized spacial score (nSPS) is 16.4. The molecule has 0 unspecified atom stereocenters. The van der Waals surface area contributed by atoms with Crippen molar-refractivity contribution in [1.29, 1.82) is 0 Å². The number of aliphatic hydroxyl groups is 3. The van der Waals surface area contributed by atoms with Crippen molar-refractivity contribution in [3.8, 4) is 11.5 Å². The van der Waals surface area contributed by atoms with Crippen molar-refractivity contribution in [3.05, 3.63) is 59.7 Å². The van der Waals surface area contributed by atoms with Crippen molar-refractivity contribution in [2.75, 3.05) is 0 Å². The van der Waals surface area contributed by atoms with Crippen LogP contribution in [-0.2, 0) is 0 Å². The second kappa shape index (κ2) is 7.46. The summed E-state index contributed by atoms with van der Waals surface area (Å²) in [6.07, 6.45) is -3.12. The maximum absolute atomic E-state index is 10.3. The second-order valence-corrected chi connectivity index (χ2v) is 5.61. The fourth-order valence-electron chi connectivity index (χ4n) is 2.24. The molecule has 0 amide bonds. The predicted octanol–water partition coefficient (Wildman–Crippen LogP) is 2.31. The average Bonchev–Trinajstić information content (AvgIpc) is 2.54. The van der Waals surface area contributed by atoms with E-state index in [1.165, 1.54) is 19.1 Å². The van der Waals surface area contributed by atoms with E-state index in [1.807, 2.05) is 0 Å². The molecular weight excluding hydrogens is 296 g/mol. The van der Waals surface area contributed by atoms with Crippen LogP contribution in [0.2, 0.25) is 0 Å². The number of aromatic hydroxyl groups is 1. The number of phenols is 1. The van der Waals surface area contributed by atoms with E-state index in [-0.39, 0.29) is 5.75 Å². The maximum Gasteiger partial charge on any atom is 0.126 e. The quantitative estimate of drug-likeness (QED) is 0.656. The lowest BCUT2D eigenvalue weighted by molar-refractivity contribution is 0.0302. The molecule has 2 aromatic rings. The van der Waals surface area contributed by atoms with Crippen LogP contribution in [0.4, 0.5) is 0 Å². The zero-order chi connectivity index (χ0) is 17.0. The standard InChI is InChI=1S/C18H22O5/c1-11(19)17(21)13-5-9-16(10-6-13)23-12(2)18(22)14-3-7-15(20)8-4-14/h3-12,17-22H,1-2H3/t11-,12-,17-,18-/m0/s1. The van der Waals surface area contributed by atoms with E-state index in [4.69, 9.17) is 4.74 Å². The molecule has 0 aliphatic heterocycles. The third-order valence-corrected chi connectivity index (χ3v) is 3.68. The number of benzene rings is 2. The van der Waals surface area contributed by atoms with Gasteiger partial charge in [-0.1, -0.05) is 24.3 Å². The Morgan fingerprint density at radius 1 is 0.739 bits per heavy atom. The highest BCUT2D eigenvalue weighted by atomic mass is 16.5. The number of ether oxygens (including phenoxy) is 1.